The summed E-state index contributed by atoms with van der Waals surface area (Å²) >= 11 is 0. The Morgan fingerprint density at radius 2 is 1.47 bits per heavy atom. The van der Waals surface area contributed by atoms with E-state index in [1.54, 1.807) is 12.1 Å². The maximum atomic E-state index is 12.5. The highest BCUT2D eigenvalue weighted by Crippen LogP contribution is 2.44. The average Bonchev–Trinajstić information content (AvgIpc) is 3.38. The molecule has 0 spiro atoms. The maximum Gasteiger partial charge on any atom is 0.411 e. The number of fused-ring (bicyclic) bond motifs is 3. The van der Waals surface area contributed by atoms with Gasteiger partial charge < -0.3 is 14.3 Å². The number of aromatic carboxylic acids is 1. The average molecular weight is 425 g/mol. The first-order valence-corrected chi connectivity index (χ1v) is 10.2. The lowest BCUT2D eigenvalue weighted by atomic mass is 9.98. The number of ether oxygens (including phenoxy) is 1. The Morgan fingerprint density at radius 1 is 0.875 bits per heavy atom. The molecule has 0 saturated carbocycles. The van der Waals surface area contributed by atoms with Crippen molar-refractivity contribution in [1.82, 2.24) is 0 Å². The standard InChI is InChI=1S/C26H19NO5/c28-25(29)24-22(14-23(32-24)16-8-2-1-3-9-16)27-26(30)31-15-21-19-12-6-4-10-17(19)18-11-5-7-13-20(18)21/h1-14,21H,15H2,(H,27,30)(H,28,29). The number of nitrogens with one attached hydrogen (secondary N) is 1. The normalized spacial score (nSPS) is 12.1. The molecule has 1 heterocycles. The topological polar surface area (TPSA) is 88.8 Å². The molecule has 5 rings (SSSR count). The molecular weight excluding hydrogens is 406 g/mol. The number of hydrogen-bond acceptors (Lipinski definition) is 4. The Hall–Kier alpha value is -4.32. The molecule has 32 heavy (non-hydrogen) atoms. The van der Waals surface area contributed by atoms with Crippen LogP contribution in [0, 0.1) is 0 Å². The Kier molecular flexibility index (Phi) is 4.95. The fourth-order valence-electron chi connectivity index (χ4n) is 4.13. The van der Waals surface area contributed by atoms with Crippen LogP contribution in [0.1, 0.15) is 27.6 Å². The van der Waals surface area contributed by atoms with Crippen molar-refractivity contribution in [3.05, 3.63) is 102 Å². The Bertz CT molecular complexity index is 1260. The Balaban J connectivity index is 1.34. The minimum Gasteiger partial charge on any atom is -0.475 e. The largest absolute Gasteiger partial charge is 0.475 e. The van der Waals surface area contributed by atoms with Crippen molar-refractivity contribution in [2.75, 3.05) is 11.9 Å². The van der Waals surface area contributed by atoms with Crippen LogP contribution in [0.15, 0.2) is 89.3 Å². The van der Waals surface area contributed by atoms with Crippen LogP contribution in [-0.4, -0.2) is 23.8 Å². The minimum absolute atomic E-state index is 0.0496. The molecule has 6 heteroatoms. The molecule has 0 fully saturated rings. The van der Waals surface area contributed by atoms with Gasteiger partial charge in [0.2, 0.25) is 5.76 Å². The van der Waals surface area contributed by atoms with Gasteiger partial charge in [0.1, 0.15) is 12.4 Å². The Morgan fingerprint density at radius 3 is 2.09 bits per heavy atom. The molecule has 0 unspecified atom stereocenters. The van der Waals surface area contributed by atoms with Crippen molar-refractivity contribution < 1.29 is 23.8 Å². The van der Waals surface area contributed by atoms with Gasteiger partial charge in [-0.2, -0.15) is 0 Å². The molecule has 1 aromatic heterocycles. The summed E-state index contributed by atoms with van der Waals surface area (Å²) in [6.07, 6.45) is -0.741. The highest BCUT2D eigenvalue weighted by molar-refractivity contribution is 5.97. The lowest BCUT2D eigenvalue weighted by Gasteiger charge is -2.14. The molecule has 6 nitrogen and oxygen atoms in total. The molecule has 1 aliphatic rings. The van der Waals surface area contributed by atoms with Crippen LogP contribution in [-0.2, 0) is 4.74 Å². The van der Waals surface area contributed by atoms with Crippen LogP contribution in [0.25, 0.3) is 22.5 Å². The summed E-state index contributed by atoms with van der Waals surface area (Å²) in [5, 5.41) is 12.0. The number of carboxylic acids is 1. The SMILES string of the molecule is O=C(Nc1cc(-c2ccccc2)oc1C(=O)O)OCC1c2ccccc2-c2ccccc21. The summed E-state index contributed by atoms with van der Waals surface area (Å²) in [7, 11) is 0. The van der Waals surface area contributed by atoms with Crippen LogP contribution in [0.3, 0.4) is 0 Å². The van der Waals surface area contributed by atoms with Crippen molar-refractivity contribution in [2.24, 2.45) is 0 Å². The van der Waals surface area contributed by atoms with E-state index in [0.29, 0.717) is 11.3 Å². The number of furan rings is 1. The van der Waals surface area contributed by atoms with Gasteiger partial charge in [-0.3, -0.25) is 5.32 Å². The highest BCUT2D eigenvalue weighted by Gasteiger charge is 2.29. The molecule has 0 bridgehead atoms. The molecule has 0 saturated heterocycles. The zero-order valence-electron chi connectivity index (χ0n) is 16.9. The van der Waals surface area contributed by atoms with Gasteiger partial charge in [0.15, 0.2) is 0 Å². The summed E-state index contributed by atoms with van der Waals surface area (Å²) in [6.45, 7) is 0.131. The predicted molar refractivity (Wildman–Crippen MR) is 120 cm³/mol. The minimum atomic E-state index is -1.28. The van der Waals surface area contributed by atoms with E-state index in [9.17, 15) is 14.7 Å². The first-order chi connectivity index (χ1) is 15.6. The third-order valence-electron chi connectivity index (χ3n) is 5.57. The van der Waals surface area contributed by atoms with Crippen LogP contribution < -0.4 is 5.32 Å². The summed E-state index contributed by atoms with van der Waals surface area (Å²) in [5.74, 6) is -1.37. The third kappa shape index (κ3) is 3.52. The van der Waals surface area contributed by atoms with E-state index in [0.717, 1.165) is 22.3 Å². The summed E-state index contributed by atoms with van der Waals surface area (Å²) in [6, 6.07) is 26.6. The zero-order valence-corrected chi connectivity index (χ0v) is 16.9. The van der Waals surface area contributed by atoms with Gasteiger partial charge in [-0.1, -0.05) is 78.9 Å². The van der Waals surface area contributed by atoms with E-state index in [1.165, 1.54) is 6.07 Å². The van der Waals surface area contributed by atoms with E-state index in [4.69, 9.17) is 9.15 Å². The van der Waals surface area contributed by atoms with E-state index < -0.39 is 12.1 Å². The smallest absolute Gasteiger partial charge is 0.411 e. The van der Waals surface area contributed by atoms with E-state index in [1.807, 2.05) is 54.6 Å². The number of carboxylic acid groups (broad SMARTS) is 1. The van der Waals surface area contributed by atoms with Crippen molar-refractivity contribution >= 4 is 17.7 Å². The van der Waals surface area contributed by atoms with Gasteiger partial charge in [0.05, 0.1) is 5.69 Å². The second-order valence-corrected chi connectivity index (χ2v) is 7.48. The number of carbonyl (C=O) groups excluding carboxylic acids is 1. The molecule has 0 radical (unpaired) electrons. The fourth-order valence-corrected chi connectivity index (χ4v) is 4.13. The van der Waals surface area contributed by atoms with Crippen LogP contribution >= 0.6 is 0 Å². The van der Waals surface area contributed by atoms with Gasteiger partial charge in [-0.25, -0.2) is 9.59 Å². The molecule has 4 aromatic rings. The van der Waals surface area contributed by atoms with Gasteiger partial charge in [0.25, 0.3) is 0 Å². The van der Waals surface area contributed by atoms with Crippen molar-refractivity contribution in [2.45, 2.75) is 5.92 Å². The van der Waals surface area contributed by atoms with Crippen molar-refractivity contribution in [3.8, 4) is 22.5 Å². The fraction of sp³-hybridized carbons (Fsp3) is 0.0769. The first kappa shape index (κ1) is 19.6. The van der Waals surface area contributed by atoms with Crippen molar-refractivity contribution in [1.29, 1.82) is 0 Å². The summed E-state index contributed by atoms with van der Waals surface area (Å²) in [5.41, 5.74) is 5.22. The maximum absolute atomic E-state index is 12.5. The van der Waals surface area contributed by atoms with Crippen LogP contribution in [0.2, 0.25) is 0 Å². The zero-order chi connectivity index (χ0) is 22.1. The second-order valence-electron chi connectivity index (χ2n) is 7.48. The molecule has 0 atom stereocenters. The molecule has 1 amide bonds. The van der Waals surface area contributed by atoms with E-state index >= 15 is 0 Å². The molecule has 0 aliphatic heterocycles. The number of anilines is 1. The summed E-state index contributed by atoms with van der Waals surface area (Å²) in [4.78, 5) is 24.1. The molecule has 1 aliphatic carbocycles. The molecule has 2 N–H and O–H groups in total. The van der Waals surface area contributed by atoms with E-state index in [-0.39, 0.29) is 24.0 Å². The highest BCUT2D eigenvalue weighted by atomic mass is 16.5. The van der Waals surface area contributed by atoms with Crippen LogP contribution in [0.5, 0.6) is 0 Å². The molecule has 3 aromatic carbocycles. The van der Waals surface area contributed by atoms with Gasteiger partial charge in [-0.05, 0) is 22.3 Å². The second kappa shape index (κ2) is 8.07. The van der Waals surface area contributed by atoms with Crippen LogP contribution in [0.4, 0.5) is 10.5 Å². The van der Waals surface area contributed by atoms with Gasteiger partial charge in [0, 0.05) is 17.5 Å². The number of carbonyl (C=O) groups is 2. The Labute approximate surface area is 184 Å². The van der Waals surface area contributed by atoms with Crippen molar-refractivity contribution in [3.63, 3.8) is 0 Å². The lowest BCUT2D eigenvalue weighted by Crippen LogP contribution is -2.18. The summed E-state index contributed by atoms with van der Waals surface area (Å²) < 4.78 is 11.0. The van der Waals surface area contributed by atoms with E-state index in [2.05, 4.69) is 17.4 Å². The quantitative estimate of drug-likeness (QED) is 0.409. The number of amides is 1. The monoisotopic (exact) mass is 425 g/mol. The number of benzene rings is 3. The number of rotatable bonds is 5. The van der Waals surface area contributed by atoms with Gasteiger partial charge in [-0.15, -0.1) is 0 Å². The third-order valence-corrected chi connectivity index (χ3v) is 5.57. The predicted octanol–water partition coefficient (Wildman–Crippen LogP) is 6.01. The molecular formula is C26H19NO5. The van der Waals surface area contributed by atoms with Gasteiger partial charge >= 0.3 is 12.1 Å². The number of hydrogen-bond donors (Lipinski definition) is 2. The molecule has 158 valence electrons. The lowest BCUT2D eigenvalue weighted by molar-refractivity contribution is 0.0665. The first-order valence-electron chi connectivity index (χ1n) is 10.2.